The van der Waals surface area contributed by atoms with Gasteiger partial charge in [0.2, 0.25) is 5.91 Å². The number of rotatable bonds is 2. The summed E-state index contributed by atoms with van der Waals surface area (Å²) in [7, 11) is 0. The number of halogens is 1. The van der Waals surface area contributed by atoms with E-state index in [4.69, 9.17) is 11.6 Å². The highest BCUT2D eigenvalue weighted by Crippen LogP contribution is 2.23. The lowest BCUT2D eigenvalue weighted by molar-refractivity contribution is -0.118. The Morgan fingerprint density at radius 3 is 2.94 bits per heavy atom. The third-order valence-corrected chi connectivity index (χ3v) is 3.32. The Bertz CT molecular complexity index is 414. The molecule has 3 nitrogen and oxygen atoms in total. The molecule has 0 saturated carbocycles. The summed E-state index contributed by atoms with van der Waals surface area (Å²) in [6, 6.07) is 5.56. The minimum Gasteiger partial charge on any atom is -0.323 e. The van der Waals surface area contributed by atoms with Gasteiger partial charge < -0.3 is 10.6 Å². The third kappa shape index (κ3) is 3.20. The minimum atomic E-state index is -0.0823. The summed E-state index contributed by atoms with van der Waals surface area (Å²) >= 11 is 6.08. The quantitative estimate of drug-likeness (QED) is 0.850. The Kier molecular flexibility index (Phi) is 4.02. The highest BCUT2D eigenvalue weighted by atomic mass is 35.5. The molecule has 2 N–H and O–H groups in total. The van der Waals surface area contributed by atoms with Gasteiger partial charge in [0.1, 0.15) is 0 Å². The number of benzene rings is 1. The van der Waals surface area contributed by atoms with E-state index in [-0.39, 0.29) is 11.9 Å². The van der Waals surface area contributed by atoms with Crippen molar-refractivity contribution in [2.75, 3.05) is 11.9 Å². The summed E-state index contributed by atoms with van der Waals surface area (Å²) in [5, 5.41) is 6.68. The number of anilines is 1. The van der Waals surface area contributed by atoms with Gasteiger partial charge in [-0.1, -0.05) is 24.1 Å². The maximum atomic E-state index is 12.0. The van der Waals surface area contributed by atoms with Crippen molar-refractivity contribution in [3.63, 3.8) is 0 Å². The molecule has 1 atom stereocenters. The molecule has 1 heterocycles. The van der Waals surface area contributed by atoms with Gasteiger partial charge in [-0.3, -0.25) is 4.79 Å². The minimum absolute atomic E-state index is 0.00968. The van der Waals surface area contributed by atoms with E-state index in [1.165, 1.54) is 0 Å². The number of nitrogens with one attached hydrogen (secondary N) is 2. The zero-order valence-electron chi connectivity index (χ0n) is 9.92. The van der Waals surface area contributed by atoms with Crippen molar-refractivity contribution in [3.8, 4) is 0 Å². The van der Waals surface area contributed by atoms with Gasteiger partial charge in [-0.25, -0.2) is 0 Å². The maximum absolute atomic E-state index is 12.0. The fourth-order valence-electron chi connectivity index (χ4n) is 2.02. The van der Waals surface area contributed by atoms with E-state index in [1.807, 2.05) is 25.1 Å². The van der Waals surface area contributed by atoms with Crippen LogP contribution in [0.3, 0.4) is 0 Å². The van der Waals surface area contributed by atoms with Crippen LogP contribution in [0.25, 0.3) is 0 Å². The summed E-state index contributed by atoms with van der Waals surface area (Å²) in [6.07, 6.45) is 3.15. The first kappa shape index (κ1) is 12.4. The number of carbonyl (C=O) groups is 1. The van der Waals surface area contributed by atoms with Crippen LogP contribution in [0.2, 0.25) is 5.02 Å². The molecule has 1 fully saturated rings. The van der Waals surface area contributed by atoms with Crippen LogP contribution in [-0.2, 0) is 4.79 Å². The number of hydrogen-bond acceptors (Lipinski definition) is 2. The molecule has 2 rings (SSSR count). The fraction of sp³-hybridized carbons (Fsp3) is 0.462. The van der Waals surface area contributed by atoms with E-state index in [9.17, 15) is 4.79 Å². The standard InChI is InChI=1S/C13H17ClN2O/c1-9-5-6-11(10(14)8-9)16-13(17)12-4-2-3-7-15-12/h5-6,8,12,15H,2-4,7H2,1H3,(H,16,17)/t12-/m0/s1. The van der Waals surface area contributed by atoms with E-state index in [1.54, 1.807) is 0 Å². The maximum Gasteiger partial charge on any atom is 0.241 e. The lowest BCUT2D eigenvalue weighted by atomic mass is 10.0. The van der Waals surface area contributed by atoms with Gasteiger partial charge in [-0.15, -0.1) is 0 Å². The highest BCUT2D eigenvalue weighted by molar-refractivity contribution is 6.33. The van der Waals surface area contributed by atoms with Crippen LogP contribution in [0.4, 0.5) is 5.69 Å². The van der Waals surface area contributed by atoms with Gasteiger partial charge in [0.15, 0.2) is 0 Å². The molecule has 0 radical (unpaired) electrons. The Labute approximate surface area is 107 Å². The highest BCUT2D eigenvalue weighted by Gasteiger charge is 2.20. The van der Waals surface area contributed by atoms with Gasteiger partial charge in [-0.05, 0) is 44.0 Å². The summed E-state index contributed by atoms with van der Waals surface area (Å²) in [5.41, 5.74) is 1.78. The first-order valence-electron chi connectivity index (χ1n) is 5.97. The van der Waals surface area contributed by atoms with Crippen LogP contribution < -0.4 is 10.6 Å². The second-order valence-corrected chi connectivity index (χ2v) is 4.88. The summed E-state index contributed by atoms with van der Waals surface area (Å²) < 4.78 is 0. The first-order valence-corrected chi connectivity index (χ1v) is 6.35. The molecule has 1 aromatic carbocycles. The van der Waals surface area contributed by atoms with E-state index < -0.39 is 0 Å². The molecule has 4 heteroatoms. The van der Waals surface area contributed by atoms with Gasteiger partial charge in [0.25, 0.3) is 0 Å². The Hall–Kier alpha value is -1.06. The lowest BCUT2D eigenvalue weighted by Crippen LogP contribution is -2.43. The smallest absolute Gasteiger partial charge is 0.241 e. The molecule has 17 heavy (non-hydrogen) atoms. The van der Waals surface area contributed by atoms with E-state index in [0.29, 0.717) is 10.7 Å². The number of carbonyl (C=O) groups excluding carboxylic acids is 1. The normalized spacial score (nSPS) is 20.0. The SMILES string of the molecule is Cc1ccc(NC(=O)[C@@H]2CCCCN2)c(Cl)c1. The first-order chi connectivity index (χ1) is 8.16. The molecule has 0 spiro atoms. The van der Waals surface area contributed by atoms with E-state index in [2.05, 4.69) is 10.6 Å². The van der Waals surface area contributed by atoms with Crippen molar-refractivity contribution >= 4 is 23.2 Å². The Balaban J connectivity index is 2.02. The second kappa shape index (κ2) is 5.52. The summed E-state index contributed by atoms with van der Waals surface area (Å²) in [5.74, 6) is 0.00968. The molecule has 1 saturated heterocycles. The summed E-state index contributed by atoms with van der Waals surface area (Å²) in [4.78, 5) is 12.0. The molecule has 0 aliphatic carbocycles. The van der Waals surface area contributed by atoms with E-state index in [0.717, 1.165) is 31.4 Å². The fourth-order valence-corrected chi connectivity index (χ4v) is 2.30. The largest absolute Gasteiger partial charge is 0.323 e. The van der Waals surface area contributed by atoms with Crippen LogP contribution >= 0.6 is 11.6 Å². The van der Waals surface area contributed by atoms with Crippen molar-refractivity contribution in [1.29, 1.82) is 0 Å². The monoisotopic (exact) mass is 252 g/mol. The molecular formula is C13H17ClN2O. The lowest BCUT2D eigenvalue weighted by Gasteiger charge is -2.22. The molecule has 1 amide bonds. The third-order valence-electron chi connectivity index (χ3n) is 3.01. The molecular weight excluding hydrogens is 236 g/mol. The molecule has 1 aliphatic heterocycles. The molecule has 1 aliphatic rings. The van der Waals surface area contributed by atoms with Crippen molar-refractivity contribution in [1.82, 2.24) is 5.32 Å². The topological polar surface area (TPSA) is 41.1 Å². The number of piperidine rings is 1. The number of aryl methyl sites for hydroxylation is 1. The van der Waals surface area contributed by atoms with Crippen LogP contribution in [0.15, 0.2) is 18.2 Å². The van der Waals surface area contributed by atoms with Crippen LogP contribution in [-0.4, -0.2) is 18.5 Å². The van der Waals surface area contributed by atoms with Gasteiger partial charge in [0, 0.05) is 0 Å². The van der Waals surface area contributed by atoms with Crippen molar-refractivity contribution in [2.24, 2.45) is 0 Å². The van der Waals surface area contributed by atoms with Crippen molar-refractivity contribution in [3.05, 3.63) is 28.8 Å². The van der Waals surface area contributed by atoms with Crippen LogP contribution in [0, 0.1) is 6.92 Å². The van der Waals surface area contributed by atoms with Crippen LogP contribution in [0.1, 0.15) is 24.8 Å². The molecule has 1 aromatic rings. The number of hydrogen-bond donors (Lipinski definition) is 2. The molecule has 0 aromatic heterocycles. The predicted molar refractivity (Wildman–Crippen MR) is 70.5 cm³/mol. The summed E-state index contributed by atoms with van der Waals surface area (Å²) in [6.45, 7) is 2.89. The molecule has 92 valence electrons. The van der Waals surface area contributed by atoms with Gasteiger partial charge in [-0.2, -0.15) is 0 Å². The zero-order chi connectivity index (χ0) is 12.3. The van der Waals surface area contributed by atoms with E-state index >= 15 is 0 Å². The van der Waals surface area contributed by atoms with Crippen LogP contribution in [0.5, 0.6) is 0 Å². The average molecular weight is 253 g/mol. The number of amides is 1. The predicted octanol–water partition coefficient (Wildman–Crippen LogP) is 2.73. The molecule has 0 bridgehead atoms. The van der Waals surface area contributed by atoms with Gasteiger partial charge in [0.05, 0.1) is 16.8 Å². The van der Waals surface area contributed by atoms with Crippen molar-refractivity contribution < 1.29 is 4.79 Å². The average Bonchev–Trinajstić information content (AvgIpc) is 2.34. The molecule has 0 unspecified atom stereocenters. The van der Waals surface area contributed by atoms with Crippen molar-refractivity contribution in [2.45, 2.75) is 32.2 Å². The Morgan fingerprint density at radius 2 is 2.29 bits per heavy atom. The zero-order valence-corrected chi connectivity index (χ0v) is 10.7. The second-order valence-electron chi connectivity index (χ2n) is 4.48. The van der Waals surface area contributed by atoms with Gasteiger partial charge >= 0.3 is 0 Å². The Morgan fingerprint density at radius 1 is 1.47 bits per heavy atom.